The number of benzene rings is 1. The lowest BCUT2D eigenvalue weighted by Crippen LogP contribution is -2.28. The van der Waals surface area contributed by atoms with Crippen LogP contribution in [0.2, 0.25) is 0 Å². The van der Waals surface area contributed by atoms with Gasteiger partial charge in [-0.05, 0) is 17.7 Å². The highest BCUT2D eigenvalue weighted by Crippen LogP contribution is 2.11. The number of esters is 1. The Morgan fingerprint density at radius 2 is 1.35 bits per heavy atom. The molecule has 0 spiro atoms. The molecule has 34 heavy (non-hydrogen) atoms. The molecule has 0 fully saturated rings. The van der Waals surface area contributed by atoms with Crippen LogP contribution >= 0.6 is 0 Å². The van der Waals surface area contributed by atoms with E-state index in [0.29, 0.717) is 31.9 Å². The number of ketones is 1. The highest BCUT2D eigenvalue weighted by molar-refractivity contribution is 5.90. The van der Waals surface area contributed by atoms with Gasteiger partial charge in [0.1, 0.15) is 12.4 Å². The van der Waals surface area contributed by atoms with E-state index in [9.17, 15) is 19.2 Å². The average molecular weight is 479 g/mol. The van der Waals surface area contributed by atoms with Crippen molar-refractivity contribution in [3.05, 3.63) is 29.8 Å². The van der Waals surface area contributed by atoms with Gasteiger partial charge in [0.05, 0.1) is 38.8 Å². The van der Waals surface area contributed by atoms with Crippen molar-refractivity contribution >= 4 is 29.3 Å². The molecule has 0 unspecified atom stereocenters. The van der Waals surface area contributed by atoms with Gasteiger partial charge in [0, 0.05) is 31.0 Å². The first-order valence-electron chi connectivity index (χ1n) is 11.7. The van der Waals surface area contributed by atoms with E-state index < -0.39 is 0 Å². The fourth-order valence-corrected chi connectivity index (χ4v) is 2.58. The summed E-state index contributed by atoms with van der Waals surface area (Å²) in [5.41, 5.74) is 1.48. The first kappa shape index (κ1) is 29.3. The molecule has 2 N–H and O–H groups in total. The molecule has 1 aromatic rings. The van der Waals surface area contributed by atoms with Gasteiger partial charge in [-0.2, -0.15) is 0 Å². The zero-order valence-electron chi connectivity index (χ0n) is 20.7. The summed E-state index contributed by atoms with van der Waals surface area (Å²) in [6, 6.07) is 7.08. The molecule has 0 aliphatic heterocycles. The van der Waals surface area contributed by atoms with E-state index in [1.165, 1.54) is 0 Å². The van der Waals surface area contributed by atoms with Crippen molar-refractivity contribution in [1.29, 1.82) is 0 Å². The number of Topliss-reactive ketones (excluding diaryl/α,β-unsaturated/α-hetero) is 1. The zero-order valence-corrected chi connectivity index (χ0v) is 20.7. The molecule has 0 bridgehead atoms. The Morgan fingerprint density at radius 3 is 1.97 bits per heavy atom. The molecule has 190 valence electrons. The molecule has 9 nitrogen and oxygen atoms in total. The fraction of sp³-hybridized carbons (Fsp3) is 0.600. The van der Waals surface area contributed by atoms with Gasteiger partial charge in [-0.1, -0.05) is 39.8 Å². The maximum Gasteiger partial charge on any atom is 0.308 e. The number of nitrogens with one attached hydrogen (secondary N) is 2. The quantitative estimate of drug-likeness (QED) is 0.261. The molecule has 1 rings (SSSR count). The molecule has 0 aliphatic carbocycles. The largest absolute Gasteiger partial charge is 0.461 e. The fourth-order valence-electron chi connectivity index (χ4n) is 2.58. The Kier molecular flexibility index (Phi) is 14.4. The third-order valence-electron chi connectivity index (χ3n) is 4.74. The summed E-state index contributed by atoms with van der Waals surface area (Å²) in [4.78, 5) is 46.7. The summed E-state index contributed by atoms with van der Waals surface area (Å²) in [5.74, 6) is -0.616. The van der Waals surface area contributed by atoms with Crippen molar-refractivity contribution in [2.24, 2.45) is 11.8 Å². The summed E-state index contributed by atoms with van der Waals surface area (Å²) in [5, 5.41) is 5.49. The highest BCUT2D eigenvalue weighted by Gasteiger charge is 2.09. The van der Waals surface area contributed by atoms with E-state index in [-0.39, 0.29) is 68.1 Å². The number of hydrogen-bond acceptors (Lipinski definition) is 7. The van der Waals surface area contributed by atoms with Gasteiger partial charge in [-0.15, -0.1) is 0 Å². The Morgan fingerprint density at radius 1 is 0.765 bits per heavy atom. The van der Waals surface area contributed by atoms with Crippen LogP contribution < -0.4 is 10.6 Å². The predicted molar refractivity (Wildman–Crippen MR) is 128 cm³/mol. The van der Waals surface area contributed by atoms with Crippen LogP contribution in [0, 0.1) is 11.8 Å². The maximum atomic E-state index is 12.0. The topological polar surface area (TPSA) is 120 Å². The smallest absolute Gasteiger partial charge is 0.308 e. The van der Waals surface area contributed by atoms with Crippen LogP contribution in [-0.2, 0) is 40.0 Å². The second-order valence-electron chi connectivity index (χ2n) is 8.45. The van der Waals surface area contributed by atoms with Crippen molar-refractivity contribution < 1.29 is 33.4 Å². The molecule has 0 radical (unpaired) electrons. The first-order chi connectivity index (χ1) is 16.2. The Hall–Kier alpha value is -2.78. The molecule has 0 atom stereocenters. The van der Waals surface area contributed by atoms with E-state index >= 15 is 0 Å². The van der Waals surface area contributed by atoms with Gasteiger partial charge in [0.2, 0.25) is 11.8 Å². The normalized spacial score (nSPS) is 10.9. The van der Waals surface area contributed by atoms with Crippen LogP contribution in [0.4, 0.5) is 5.69 Å². The molecule has 2 amide bonds. The predicted octanol–water partition coefficient (Wildman–Crippen LogP) is 2.87. The van der Waals surface area contributed by atoms with Gasteiger partial charge in [0.25, 0.3) is 0 Å². The molecular weight excluding hydrogens is 440 g/mol. The van der Waals surface area contributed by atoms with E-state index in [1.807, 2.05) is 13.8 Å². The van der Waals surface area contributed by atoms with Crippen LogP contribution in [0.15, 0.2) is 24.3 Å². The molecule has 0 saturated carbocycles. The van der Waals surface area contributed by atoms with Gasteiger partial charge in [0.15, 0.2) is 0 Å². The Balaban J connectivity index is 2.06. The standard InChI is InChI=1S/C25H38N2O7/c1-18(2)22(28)9-13-32-14-10-23(29)26-12-16-33-15-11-24(30)27-21-7-5-20(6-8-21)17-34-25(31)19(3)4/h5-8,18-19H,9-17H2,1-4H3,(H,26,29)(H,27,30). The second-order valence-corrected chi connectivity index (χ2v) is 8.45. The number of hydrogen-bond donors (Lipinski definition) is 2. The van der Waals surface area contributed by atoms with Crippen molar-refractivity contribution in [3.63, 3.8) is 0 Å². The van der Waals surface area contributed by atoms with Crippen molar-refractivity contribution in [2.45, 2.75) is 53.6 Å². The van der Waals surface area contributed by atoms with Crippen LogP contribution in [0.25, 0.3) is 0 Å². The van der Waals surface area contributed by atoms with Crippen LogP contribution in [-0.4, -0.2) is 56.5 Å². The number of carbonyl (C=O) groups excluding carboxylic acids is 4. The molecule has 0 heterocycles. The maximum absolute atomic E-state index is 12.0. The minimum atomic E-state index is -0.253. The van der Waals surface area contributed by atoms with E-state index in [4.69, 9.17) is 14.2 Å². The lowest BCUT2D eigenvalue weighted by atomic mass is 10.1. The number of anilines is 1. The molecule has 0 aromatic heterocycles. The number of rotatable bonds is 17. The van der Waals surface area contributed by atoms with Crippen LogP contribution in [0.1, 0.15) is 52.5 Å². The summed E-state index contributed by atoms with van der Waals surface area (Å²) in [6.45, 7) is 8.91. The number of ether oxygens (including phenoxy) is 3. The minimum absolute atomic E-state index is 0.00152. The number of amides is 2. The summed E-state index contributed by atoms with van der Waals surface area (Å²) in [6.07, 6.45) is 0.767. The molecule has 0 aliphatic rings. The summed E-state index contributed by atoms with van der Waals surface area (Å²) in [7, 11) is 0. The average Bonchev–Trinajstić information content (AvgIpc) is 2.80. The van der Waals surface area contributed by atoms with Gasteiger partial charge >= 0.3 is 5.97 Å². The first-order valence-corrected chi connectivity index (χ1v) is 11.7. The Bertz CT molecular complexity index is 776. The zero-order chi connectivity index (χ0) is 25.3. The van der Waals surface area contributed by atoms with Crippen LogP contribution in [0.3, 0.4) is 0 Å². The molecule has 0 saturated heterocycles. The molecule has 1 aromatic carbocycles. The van der Waals surface area contributed by atoms with E-state index in [2.05, 4.69) is 10.6 Å². The monoisotopic (exact) mass is 478 g/mol. The van der Waals surface area contributed by atoms with Gasteiger partial charge < -0.3 is 24.8 Å². The van der Waals surface area contributed by atoms with Gasteiger partial charge in [-0.3, -0.25) is 19.2 Å². The number of carbonyl (C=O) groups is 4. The molecule has 9 heteroatoms. The summed E-state index contributed by atoms with van der Waals surface area (Å²) < 4.78 is 15.9. The Labute approximate surface area is 201 Å². The van der Waals surface area contributed by atoms with E-state index in [0.717, 1.165) is 5.56 Å². The second kappa shape index (κ2) is 16.8. The van der Waals surface area contributed by atoms with E-state index in [1.54, 1.807) is 38.1 Å². The minimum Gasteiger partial charge on any atom is -0.461 e. The third-order valence-corrected chi connectivity index (χ3v) is 4.74. The SMILES string of the molecule is CC(C)C(=O)CCOCCC(=O)NCCOCCC(=O)Nc1ccc(COC(=O)C(C)C)cc1. The van der Waals surface area contributed by atoms with Crippen molar-refractivity contribution in [2.75, 3.05) is 38.3 Å². The van der Waals surface area contributed by atoms with Gasteiger partial charge in [-0.25, -0.2) is 0 Å². The third kappa shape index (κ3) is 13.7. The van der Waals surface area contributed by atoms with Crippen molar-refractivity contribution in [1.82, 2.24) is 5.32 Å². The molecular formula is C25H38N2O7. The lowest BCUT2D eigenvalue weighted by molar-refractivity contribution is -0.148. The summed E-state index contributed by atoms with van der Waals surface area (Å²) >= 11 is 0. The lowest BCUT2D eigenvalue weighted by Gasteiger charge is -2.09. The van der Waals surface area contributed by atoms with Crippen molar-refractivity contribution in [3.8, 4) is 0 Å². The highest BCUT2D eigenvalue weighted by atomic mass is 16.5. The van der Waals surface area contributed by atoms with Crippen LogP contribution in [0.5, 0.6) is 0 Å².